The number of rotatable bonds is 5. The van der Waals surface area contributed by atoms with Gasteiger partial charge >= 0.3 is 5.97 Å². The summed E-state index contributed by atoms with van der Waals surface area (Å²) in [6.07, 6.45) is 2.28. The molecule has 1 saturated carbocycles. The van der Waals surface area contributed by atoms with Crippen LogP contribution >= 0.6 is 11.8 Å². The number of benzene rings is 3. The molecule has 6 rings (SSSR count). The average Bonchev–Trinajstić information content (AvgIpc) is 3.57. The van der Waals surface area contributed by atoms with Crippen LogP contribution in [0.2, 0.25) is 0 Å². The first-order chi connectivity index (χ1) is 16.7. The minimum atomic E-state index is -1.07. The molecule has 6 heteroatoms. The van der Waals surface area contributed by atoms with Crippen LogP contribution in [0.5, 0.6) is 5.75 Å². The highest BCUT2D eigenvalue weighted by Gasteiger charge is 2.40. The molecule has 35 heavy (non-hydrogen) atoms. The van der Waals surface area contributed by atoms with Crippen molar-refractivity contribution in [3.8, 4) is 16.9 Å². The van der Waals surface area contributed by atoms with Gasteiger partial charge in [-0.15, -0.1) is 0 Å². The second-order valence-corrected chi connectivity index (χ2v) is 12.0. The van der Waals surface area contributed by atoms with Crippen LogP contribution in [-0.2, 0) is 16.0 Å². The maximum Gasteiger partial charge on any atom is 0.337 e. The highest BCUT2D eigenvalue weighted by atomic mass is 32.2. The molecule has 2 atom stereocenters. The van der Waals surface area contributed by atoms with E-state index < -0.39 is 17.7 Å². The number of hydrogen-bond donors (Lipinski definition) is 2. The molecule has 0 aromatic heterocycles. The Morgan fingerprint density at radius 3 is 2.74 bits per heavy atom. The third kappa shape index (κ3) is 3.97. The van der Waals surface area contributed by atoms with Gasteiger partial charge in [-0.2, -0.15) is 0 Å². The summed E-state index contributed by atoms with van der Waals surface area (Å²) in [6, 6.07) is 12.7. The highest BCUT2D eigenvalue weighted by Crippen LogP contribution is 2.55. The van der Waals surface area contributed by atoms with Crippen molar-refractivity contribution in [3.63, 3.8) is 0 Å². The SMILES string of the molecule is Cc1cc2c(c(-c3ccc4c5c(cccc35)CCO4)c1[C@H](OC(C)(C)C)C(=O)O)S[C@H](C1CC1)N2. The summed E-state index contributed by atoms with van der Waals surface area (Å²) in [4.78, 5) is 13.8. The molecular weight excluding hydrogens is 458 g/mol. The van der Waals surface area contributed by atoms with Gasteiger partial charge in [0.15, 0.2) is 6.10 Å². The van der Waals surface area contributed by atoms with Gasteiger partial charge in [0, 0.05) is 33.5 Å². The molecule has 5 nitrogen and oxygen atoms in total. The van der Waals surface area contributed by atoms with Crippen molar-refractivity contribution in [2.45, 2.75) is 68.9 Å². The molecule has 3 aliphatic rings. The zero-order chi connectivity index (χ0) is 24.5. The number of aliphatic carboxylic acids is 1. The van der Waals surface area contributed by atoms with E-state index >= 15 is 0 Å². The first-order valence-corrected chi connectivity index (χ1v) is 13.3. The van der Waals surface area contributed by atoms with Gasteiger partial charge in [-0.25, -0.2) is 4.79 Å². The fraction of sp³-hybridized carbons (Fsp3) is 0.414. The number of carboxylic acid groups (broad SMARTS) is 1. The number of carboxylic acids is 1. The van der Waals surface area contributed by atoms with E-state index in [-0.39, 0.29) is 0 Å². The maximum absolute atomic E-state index is 12.7. The lowest BCUT2D eigenvalue weighted by molar-refractivity contribution is -0.160. The fourth-order valence-corrected chi connectivity index (χ4v) is 6.91. The lowest BCUT2D eigenvalue weighted by Gasteiger charge is -2.29. The topological polar surface area (TPSA) is 67.8 Å². The van der Waals surface area contributed by atoms with E-state index in [1.165, 1.54) is 18.4 Å². The second-order valence-electron chi connectivity index (χ2n) is 10.9. The van der Waals surface area contributed by atoms with Crippen LogP contribution in [0.3, 0.4) is 0 Å². The number of thioether (sulfide) groups is 1. The Hall–Kier alpha value is -2.70. The second kappa shape index (κ2) is 8.17. The molecule has 3 aromatic rings. The van der Waals surface area contributed by atoms with Gasteiger partial charge in [0.2, 0.25) is 0 Å². The maximum atomic E-state index is 12.7. The van der Waals surface area contributed by atoms with E-state index in [0.717, 1.165) is 55.8 Å². The van der Waals surface area contributed by atoms with Crippen molar-refractivity contribution < 1.29 is 19.4 Å². The molecule has 3 aromatic carbocycles. The normalized spacial score (nSPS) is 19.7. The molecule has 0 amide bonds. The van der Waals surface area contributed by atoms with E-state index in [4.69, 9.17) is 9.47 Å². The number of nitrogens with one attached hydrogen (secondary N) is 1. The van der Waals surface area contributed by atoms with Crippen LogP contribution in [-0.4, -0.2) is 28.7 Å². The zero-order valence-corrected chi connectivity index (χ0v) is 21.4. The number of ether oxygens (including phenoxy) is 2. The molecule has 0 saturated heterocycles. The number of aryl methyl sites for hydroxylation is 1. The van der Waals surface area contributed by atoms with Gasteiger partial charge in [0.05, 0.1) is 17.6 Å². The number of fused-ring (bicyclic) bond motifs is 1. The number of anilines is 1. The van der Waals surface area contributed by atoms with Gasteiger partial charge < -0.3 is 19.9 Å². The van der Waals surface area contributed by atoms with Crippen molar-refractivity contribution in [3.05, 3.63) is 53.1 Å². The Kier molecular flexibility index (Phi) is 5.31. The summed E-state index contributed by atoms with van der Waals surface area (Å²) in [5.41, 5.74) is 5.46. The molecule has 2 aliphatic heterocycles. The third-order valence-corrected chi connectivity index (χ3v) is 8.48. The molecule has 1 aliphatic carbocycles. The molecule has 0 spiro atoms. The highest BCUT2D eigenvalue weighted by molar-refractivity contribution is 8.00. The minimum absolute atomic E-state index is 0.327. The molecule has 0 bridgehead atoms. The van der Waals surface area contributed by atoms with E-state index in [9.17, 15) is 9.90 Å². The van der Waals surface area contributed by atoms with E-state index in [0.29, 0.717) is 17.9 Å². The van der Waals surface area contributed by atoms with Crippen molar-refractivity contribution in [1.29, 1.82) is 0 Å². The smallest absolute Gasteiger partial charge is 0.337 e. The van der Waals surface area contributed by atoms with Crippen LogP contribution < -0.4 is 10.1 Å². The average molecular weight is 490 g/mol. The van der Waals surface area contributed by atoms with Crippen molar-refractivity contribution >= 4 is 34.2 Å². The summed E-state index contributed by atoms with van der Waals surface area (Å²) >= 11 is 1.84. The van der Waals surface area contributed by atoms with Gasteiger partial charge in [0.25, 0.3) is 0 Å². The summed E-state index contributed by atoms with van der Waals surface area (Å²) < 4.78 is 12.2. The van der Waals surface area contributed by atoms with Gasteiger partial charge in [-0.1, -0.05) is 30.0 Å². The number of carbonyl (C=O) groups is 1. The van der Waals surface area contributed by atoms with Crippen LogP contribution in [0.25, 0.3) is 21.9 Å². The fourth-order valence-electron chi connectivity index (χ4n) is 5.42. The van der Waals surface area contributed by atoms with Gasteiger partial charge in [-0.3, -0.25) is 0 Å². The van der Waals surface area contributed by atoms with Crippen molar-refractivity contribution in [2.24, 2.45) is 5.92 Å². The minimum Gasteiger partial charge on any atom is -0.493 e. The Morgan fingerprint density at radius 2 is 2.03 bits per heavy atom. The van der Waals surface area contributed by atoms with Gasteiger partial charge in [0.1, 0.15) is 5.75 Å². The summed E-state index contributed by atoms with van der Waals surface area (Å²) in [7, 11) is 0. The van der Waals surface area contributed by atoms with Gasteiger partial charge in [-0.05, 0) is 86.7 Å². The first kappa shape index (κ1) is 22.7. The Bertz CT molecular complexity index is 1350. The number of hydrogen-bond acceptors (Lipinski definition) is 5. The predicted octanol–water partition coefficient (Wildman–Crippen LogP) is 6.94. The van der Waals surface area contributed by atoms with Crippen molar-refractivity contribution in [2.75, 3.05) is 11.9 Å². The monoisotopic (exact) mass is 489 g/mol. The molecule has 2 N–H and O–H groups in total. The molecule has 0 radical (unpaired) electrons. The largest absolute Gasteiger partial charge is 0.493 e. The molecule has 1 fully saturated rings. The van der Waals surface area contributed by atoms with E-state index in [1.54, 1.807) is 0 Å². The summed E-state index contributed by atoms with van der Waals surface area (Å²) in [5.74, 6) is 0.596. The zero-order valence-electron chi connectivity index (χ0n) is 20.6. The quantitative estimate of drug-likeness (QED) is 0.404. The van der Waals surface area contributed by atoms with Crippen molar-refractivity contribution in [1.82, 2.24) is 0 Å². The molecule has 0 unspecified atom stereocenters. The molecular formula is C29H31NO4S. The van der Waals surface area contributed by atoms with E-state index in [1.807, 2.05) is 45.5 Å². The Morgan fingerprint density at radius 1 is 1.23 bits per heavy atom. The Labute approximate surface area is 210 Å². The predicted molar refractivity (Wildman–Crippen MR) is 141 cm³/mol. The van der Waals surface area contributed by atoms with E-state index in [2.05, 4.69) is 35.6 Å². The molecule has 182 valence electrons. The third-order valence-electron chi connectivity index (χ3n) is 7.06. The van der Waals surface area contributed by atoms with Crippen LogP contribution in [0.15, 0.2) is 41.3 Å². The standard InChI is InChI=1S/C29H31NO4S/c1-15-14-20-26(35-27(30-20)17-8-9-17)24(22(15)25(28(31)32)34-29(2,3)4)19-10-11-21-23-16(12-13-33-21)6-5-7-18(19)23/h5-7,10-11,14,17,25,27,30H,8-9,12-13H2,1-4H3,(H,31,32)/t25-,27+/m0/s1. The summed E-state index contributed by atoms with van der Waals surface area (Å²) in [6.45, 7) is 8.41. The lowest BCUT2D eigenvalue weighted by Crippen LogP contribution is -2.28. The van der Waals surface area contributed by atoms with Crippen LogP contribution in [0.4, 0.5) is 5.69 Å². The van der Waals surface area contributed by atoms with Crippen LogP contribution in [0, 0.1) is 12.8 Å². The van der Waals surface area contributed by atoms with Crippen LogP contribution in [0.1, 0.15) is 56.4 Å². The Balaban J connectivity index is 1.64. The summed E-state index contributed by atoms with van der Waals surface area (Å²) in [5, 5.41) is 16.7. The lowest BCUT2D eigenvalue weighted by atomic mass is 9.87. The first-order valence-electron chi connectivity index (χ1n) is 12.4. The molecule has 2 heterocycles.